The van der Waals surface area contributed by atoms with Crippen LogP contribution >= 0.6 is 27.7 Å². The summed E-state index contributed by atoms with van der Waals surface area (Å²) < 4.78 is 1.01. The summed E-state index contributed by atoms with van der Waals surface area (Å²) in [5.41, 5.74) is 1.96. The van der Waals surface area contributed by atoms with Gasteiger partial charge in [0.15, 0.2) is 5.78 Å². The topological polar surface area (TPSA) is 17.1 Å². The quantitative estimate of drug-likeness (QED) is 0.778. The summed E-state index contributed by atoms with van der Waals surface area (Å²) in [5.74, 6) is 1.12. The van der Waals surface area contributed by atoms with Gasteiger partial charge in [-0.25, -0.2) is 0 Å². The monoisotopic (exact) mass is 272 g/mol. The number of thioether (sulfide) groups is 1. The molecule has 0 aliphatic heterocycles. The number of benzene rings is 1. The second kappa shape index (κ2) is 5.56. The van der Waals surface area contributed by atoms with Gasteiger partial charge in [-0.1, -0.05) is 28.1 Å². The normalized spacial score (nSPS) is 10.2. The predicted octanol–water partition coefficient (Wildman–Crippen LogP) is 3.69. The maximum atomic E-state index is 11.6. The Morgan fingerprint density at radius 1 is 1.50 bits per heavy atom. The van der Waals surface area contributed by atoms with Crippen molar-refractivity contribution in [1.29, 1.82) is 0 Å². The minimum absolute atomic E-state index is 0.222. The number of rotatable bonds is 4. The molecule has 0 saturated heterocycles. The highest BCUT2D eigenvalue weighted by Crippen LogP contribution is 2.18. The predicted molar refractivity (Wildman–Crippen MR) is 66.2 cm³/mol. The molecule has 0 N–H and O–H groups in total. The average Bonchev–Trinajstić information content (AvgIpc) is 2.18. The van der Waals surface area contributed by atoms with E-state index in [0.29, 0.717) is 6.42 Å². The van der Waals surface area contributed by atoms with E-state index in [0.717, 1.165) is 21.4 Å². The van der Waals surface area contributed by atoms with Gasteiger partial charge in [0.05, 0.1) is 0 Å². The van der Waals surface area contributed by atoms with Crippen LogP contribution in [0, 0.1) is 6.92 Å². The van der Waals surface area contributed by atoms with Gasteiger partial charge >= 0.3 is 0 Å². The lowest BCUT2D eigenvalue weighted by molar-refractivity contribution is 0.0989. The van der Waals surface area contributed by atoms with E-state index < -0.39 is 0 Å². The fourth-order valence-corrected chi connectivity index (χ4v) is 1.87. The fraction of sp³-hybridized carbons (Fsp3) is 0.364. The van der Waals surface area contributed by atoms with E-state index >= 15 is 0 Å². The molecule has 0 aliphatic carbocycles. The Morgan fingerprint density at radius 2 is 2.21 bits per heavy atom. The van der Waals surface area contributed by atoms with Crippen LogP contribution in [0.2, 0.25) is 0 Å². The molecule has 0 atom stereocenters. The first-order chi connectivity index (χ1) is 6.65. The molecule has 0 unspecified atom stereocenters. The van der Waals surface area contributed by atoms with Crippen LogP contribution in [-0.2, 0) is 0 Å². The molecule has 0 saturated carbocycles. The van der Waals surface area contributed by atoms with Gasteiger partial charge in [0.2, 0.25) is 0 Å². The van der Waals surface area contributed by atoms with Crippen LogP contribution in [0.1, 0.15) is 22.3 Å². The molecular formula is C11H13BrOS. The van der Waals surface area contributed by atoms with E-state index in [1.54, 1.807) is 11.8 Å². The van der Waals surface area contributed by atoms with E-state index in [-0.39, 0.29) is 5.78 Å². The molecule has 3 heteroatoms. The number of halogens is 1. The third-order valence-corrected chi connectivity index (χ3v) is 3.49. The maximum Gasteiger partial charge on any atom is 0.163 e. The third kappa shape index (κ3) is 3.14. The highest BCUT2D eigenvalue weighted by Gasteiger charge is 2.06. The lowest BCUT2D eigenvalue weighted by atomic mass is 10.1. The Labute approximate surface area is 97.4 Å². The van der Waals surface area contributed by atoms with E-state index in [9.17, 15) is 4.79 Å². The number of ketones is 1. The summed E-state index contributed by atoms with van der Waals surface area (Å²) in [4.78, 5) is 11.6. The van der Waals surface area contributed by atoms with Crippen molar-refractivity contribution >= 4 is 33.5 Å². The number of carbonyl (C=O) groups excluding carboxylic acids is 1. The van der Waals surface area contributed by atoms with Gasteiger partial charge in [0.25, 0.3) is 0 Å². The number of hydrogen-bond donors (Lipinski definition) is 0. The largest absolute Gasteiger partial charge is 0.294 e. The average molecular weight is 273 g/mol. The van der Waals surface area contributed by atoms with Gasteiger partial charge in [-0.2, -0.15) is 11.8 Å². The van der Waals surface area contributed by atoms with Crippen molar-refractivity contribution in [3.8, 4) is 0 Å². The van der Waals surface area contributed by atoms with Crippen molar-refractivity contribution in [2.45, 2.75) is 13.3 Å². The molecule has 0 radical (unpaired) electrons. The zero-order valence-corrected chi connectivity index (χ0v) is 10.7. The van der Waals surface area contributed by atoms with Crippen LogP contribution in [0.4, 0.5) is 0 Å². The lowest BCUT2D eigenvalue weighted by Crippen LogP contribution is -2.00. The van der Waals surface area contributed by atoms with Gasteiger partial charge in [0, 0.05) is 22.2 Å². The van der Waals surface area contributed by atoms with Crippen LogP contribution in [0.25, 0.3) is 0 Å². The fourth-order valence-electron chi connectivity index (χ4n) is 1.11. The Hall–Kier alpha value is -0.280. The van der Waals surface area contributed by atoms with Crippen molar-refractivity contribution in [3.63, 3.8) is 0 Å². The molecule has 0 aliphatic rings. The van der Waals surface area contributed by atoms with Crippen molar-refractivity contribution in [2.75, 3.05) is 12.0 Å². The summed E-state index contributed by atoms with van der Waals surface area (Å²) in [6.07, 6.45) is 2.63. The minimum Gasteiger partial charge on any atom is -0.294 e. The van der Waals surface area contributed by atoms with E-state index in [4.69, 9.17) is 0 Å². The maximum absolute atomic E-state index is 11.6. The Kier molecular flexibility index (Phi) is 4.69. The molecule has 0 bridgehead atoms. The molecule has 0 fully saturated rings. The third-order valence-electron chi connectivity index (χ3n) is 2.03. The van der Waals surface area contributed by atoms with E-state index in [1.807, 2.05) is 31.4 Å². The molecule has 0 amide bonds. The van der Waals surface area contributed by atoms with Crippen molar-refractivity contribution < 1.29 is 4.79 Å². The van der Waals surface area contributed by atoms with Gasteiger partial charge < -0.3 is 0 Å². The molecule has 1 nitrogen and oxygen atoms in total. The zero-order valence-electron chi connectivity index (χ0n) is 8.34. The van der Waals surface area contributed by atoms with Crippen LogP contribution < -0.4 is 0 Å². The number of carbonyl (C=O) groups is 1. The summed E-state index contributed by atoms with van der Waals surface area (Å²) >= 11 is 5.12. The van der Waals surface area contributed by atoms with Crippen molar-refractivity contribution in [3.05, 3.63) is 33.8 Å². The van der Waals surface area contributed by atoms with Gasteiger partial charge in [0.1, 0.15) is 0 Å². The van der Waals surface area contributed by atoms with Crippen molar-refractivity contribution in [2.24, 2.45) is 0 Å². The van der Waals surface area contributed by atoms with Crippen LogP contribution in [0.5, 0.6) is 0 Å². The van der Waals surface area contributed by atoms with E-state index in [2.05, 4.69) is 15.9 Å². The molecule has 1 rings (SSSR count). The smallest absolute Gasteiger partial charge is 0.163 e. The zero-order chi connectivity index (χ0) is 10.6. The first-order valence-electron chi connectivity index (χ1n) is 4.43. The molecule has 0 heterocycles. The standard InChI is InChI=1S/C11H13BrOS/c1-8-3-4-9(7-10(8)12)11(13)5-6-14-2/h3-4,7H,5-6H2,1-2H3. The molecule has 76 valence electrons. The van der Waals surface area contributed by atoms with Crippen LogP contribution in [-0.4, -0.2) is 17.8 Å². The first kappa shape index (κ1) is 11.8. The number of hydrogen-bond acceptors (Lipinski definition) is 2. The second-order valence-corrected chi connectivity index (χ2v) is 4.97. The minimum atomic E-state index is 0.222. The molecule has 1 aromatic rings. The summed E-state index contributed by atoms with van der Waals surface area (Å²) in [6.45, 7) is 2.01. The van der Waals surface area contributed by atoms with Crippen LogP contribution in [0.15, 0.2) is 22.7 Å². The molecule has 0 aromatic heterocycles. The molecule has 14 heavy (non-hydrogen) atoms. The Balaban J connectivity index is 2.76. The summed E-state index contributed by atoms with van der Waals surface area (Å²) in [6, 6.07) is 5.76. The SMILES string of the molecule is CSCCC(=O)c1ccc(C)c(Br)c1. The number of aryl methyl sites for hydroxylation is 1. The first-order valence-corrected chi connectivity index (χ1v) is 6.62. The molecule has 0 spiro atoms. The summed E-state index contributed by atoms with van der Waals surface area (Å²) in [7, 11) is 0. The van der Waals surface area contributed by atoms with Gasteiger partial charge in [-0.3, -0.25) is 4.79 Å². The lowest BCUT2D eigenvalue weighted by Gasteiger charge is -2.02. The number of Topliss-reactive ketones (excluding diaryl/α,β-unsaturated/α-hetero) is 1. The highest BCUT2D eigenvalue weighted by atomic mass is 79.9. The highest BCUT2D eigenvalue weighted by molar-refractivity contribution is 9.10. The van der Waals surface area contributed by atoms with Crippen LogP contribution in [0.3, 0.4) is 0 Å². The van der Waals surface area contributed by atoms with E-state index in [1.165, 1.54) is 0 Å². The molecular weight excluding hydrogens is 260 g/mol. The van der Waals surface area contributed by atoms with Gasteiger partial charge in [-0.15, -0.1) is 0 Å². The summed E-state index contributed by atoms with van der Waals surface area (Å²) in [5, 5.41) is 0. The Bertz CT molecular complexity index is 336. The van der Waals surface area contributed by atoms with Crippen molar-refractivity contribution in [1.82, 2.24) is 0 Å². The van der Waals surface area contributed by atoms with Gasteiger partial charge in [-0.05, 0) is 24.8 Å². The Morgan fingerprint density at radius 3 is 2.79 bits per heavy atom. The second-order valence-electron chi connectivity index (χ2n) is 3.13. The molecule has 1 aromatic carbocycles.